The molecule has 1 aromatic heterocycles. The fourth-order valence-electron chi connectivity index (χ4n) is 2.63. The number of nitrogens with one attached hydrogen (secondary N) is 2. The van der Waals surface area contributed by atoms with Gasteiger partial charge in [-0.25, -0.2) is 0 Å². The molecule has 12 heteroatoms. The molecule has 1 heterocycles. The van der Waals surface area contributed by atoms with Crippen molar-refractivity contribution < 1.29 is 19.2 Å². The number of benzene rings is 2. The lowest BCUT2D eigenvalue weighted by molar-refractivity contribution is -0.387. The van der Waals surface area contributed by atoms with Crippen LogP contribution in [0.25, 0.3) is 0 Å². The summed E-state index contributed by atoms with van der Waals surface area (Å²) in [7, 11) is 3.18. The van der Waals surface area contributed by atoms with Gasteiger partial charge in [0.15, 0.2) is 5.16 Å². The molecule has 0 aliphatic carbocycles. The van der Waals surface area contributed by atoms with Crippen molar-refractivity contribution in [3.63, 3.8) is 0 Å². The van der Waals surface area contributed by atoms with Crippen LogP contribution in [0.3, 0.4) is 0 Å². The molecule has 0 aliphatic rings. The minimum atomic E-state index is -0.558. The van der Waals surface area contributed by atoms with Crippen molar-refractivity contribution in [3.8, 4) is 5.75 Å². The van der Waals surface area contributed by atoms with Gasteiger partial charge in [-0.05, 0) is 42.1 Å². The summed E-state index contributed by atoms with van der Waals surface area (Å²) >= 11 is 1.07. The predicted molar refractivity (Wildman–Crippen MR) is 113 cm³/mol. The minimum Gasteiger partial charge on any atom is -0.495 e. The zero-order valence-corrected chi connectivity index (χ0v) is 17.6. The minimum absolute atomic E-state index is 0.103. The van der Waals surface area contributed by atoms with Crippen LogP contribution >= 0.6 is 11.8 Å². The molecule has 0 spiro atoms. The molecule has 0 fully saturated rings. The van der Waals surface area contributed by atoms with Crippen molar-refractivity contribution in [2.24, 2.45) is 7.05 Å². The summed E-state index contributed by atoms with van der Waals surface area (Å²) in [4.78, 5) is 35.4. The van der Waals surface area contributed by atoms with Gasteiger partial charge in [0.2, 0.25) is 5.91 Å². The van der Waals surface area contributed by atoms with Crippen LogP contribution in [0.5, 0.6) is 5.75 Å². The molecule has 0 saturated carbocycles. The monoisotopic (exact) mass is 442 g/mol. The number of nitrogens with zero attached hydrogens (tertiary/aromatic N) is 4. The van der Waals surface area contributed by atoms with Crippen LogP contribution in [0.1, 0.15) is 17.3 Å². The van der Waals surface area contributed by atoms with Gasteiger partial charge >= 0.3 is 0 Å². The third kappa shape index (κ3) is 5.17. The predicted octanol–water partition coefficient (Wildman–Crippen LogP) is 3.09. The lowest BCUT2D eigenvalue weighted by Crippen LogP contribution is -2.13. The van der Waals surface area contributed by atoms with Crippen molar-refractivity contribution in [1.82, 2.24) is 14.8 Å². The molecule has 11 nitrogen and oxygen atoms in total. The van der Waals surface area contributed by atoms with E-state index in [4.69, 9.17) is 4.74 Å². The number of hydrogen-bond donors (Lipinski definition) is 2. The molecule has 2 amide bonds. The smallest absolute Gasteiger partial charge is 0.284 e. The number of hydrogen-bond acceptors (Lipinski definition) is 8. The number of ether oxygens (including phenoxy) is 1. The fraction of sp³-hybridized carbons (Fsp3) is 0.158. The summed E-state index contributed by atoms with van der Waals surface area (Å²) in [5.74, 6) is -0.417. The van der Waals surface area contributed by atoms with E-state index in [0.717, 1.165) is 11.8 Å². The van der Waals surface area contributed by atoms with E-state index in [1.165, 1.54) is 44.6 Å². The average Bonchev–Trinajstić information content (AvgIpc) is 3.12. The van der Waals surface area contributed by atoms with Gasteiger partial charge in [0.05, 0.1) is 22.6 Å². The largest absolute Gasteiger partial charge is 0.495 e. The summed E-state index contributed by atoms with van der Waals surface area (Å²) in [5, 5.41) is 24.9. The summed E-state index contributed by atoms with van der Waals surface area (Å²) < 4.78 is 6.81. The summed E-state index contributed by atoms with van der Waals surface area (Å²) in [6, 6.07) is 8.89. The molecule has 31 heavy (non-hydrogen) atoms. The number of carbonyl (C=O) groups excluding carboxylic acids is 2. The number of rotatable bonds is 7. The van der Waals surface area contributed by atoms with E-state index in [2.05, 4.69) is 20.8 Å². The van der Waals surface area contributed by atoms with Crippen molar-refractivity contribution in [1.29, 1.82) is 0 Å². The van der Waals surface area contributed by atoms with E-state index >= 15 is 0 Å². The zero-order chi connectivity index (χ0) is 22.5. The van der Waals surface area contributed by atoms with Crippen LogP contribution in [0.15, 0.2) is 52.8 Å². The first-order valence-corrected chi connectivity index (χ1v) is 9.67. The number of aromatic nitrogens is 3. The normalized spacial score (nSPS) is 10.4. The molecule has 0 bridgehead atoms. The summed E-state index contributed by atoms with van der Waals surface area (Å²) in [6.07, 6.45) is 1.49. The Hall–Kier alpha value is -3.93. The van der Waals surface area contributed by atoms with Crippen LogP contribution in [-0.2, 0) is 11.8 Å². The van der Waals surface area contributed by atoms with Gasteiger partial charge in [-0.2, -0.15) is 0 Å². The first-order chi connectivity index (χ1) is 14.8. The Labute approximate surface area is 181 Å². The van der Waals surface area contributed by atoms with Crippen molar-refractivity contribution in [2.75, 3.05) is 17.7 Å². The fourth-order valence-corrected chi connectivity index (χ4v) is 3.48. The molecule has 160 valence electrons. The lowest BCUT2D eigenvalue weighted by atomic mass is 10.1. The molecular weight excluding hydrogens is 424 g/mol. The second kappa shape index (κ2) is 9.26. The van der Waals surface area contributed by atoms with E-state index in [9.17, 15) is 19.7 Å². The SMILES string of the molecule is COc1ccc(NC(=O)c2ccc(Sc3nncn3C)c([N+](=O)[O-])c2)cc1NC(C)=O. The molecule has 3 aromatic rings. The molecule has 0 radical (unpaired) electrons. The van der Waals surface area contributed by atoms with E-state index in [-0.39, 0.29) is 17.2 Å². The standard InChI is InChI=1S/C19H18N6O5S/c1-11(26)21-14-9-13(5-6-16(14)30-3)22-18(27)12-4-7-17(15(8-12)25(28)29)31-19-23-20-10-24(19)2/h4-10H,1-3H3,(H,21,26)(H,22,27). The number of aryl methyl sites for hydroxylation is 1. The highest BCUT2D eigenvalue weighted by atomic mass is 32.2. The molecular formula is C19H18N6O5S. The molecule has 0 unspecified atom stereocenters. The Morgan fingerprint density at radius 1 is 1.19 bits per heavy atom. The first kappa shape index (κ1) is 21.8. The number of nitro groups is 1. The lowest BCUT2D eigenvalue weighted by Gasteiger charge is -2.12. The molecule has 0 saturated heterocycles. The summed E-state index contributed by atoms with van der Waals surface area (Å²) in [5.41, 5.74) is 0.643. The van der Waals surface area contributed by atoms with E-state index < -0.39 is 10.8 Å². The zero-order valence-electron chi connectivity index (χ0n) is 16.8. The second-order valence-electron chi connectivity index (χ2n) is 6.32. The maximum Gasteiger partial charge on any atom is 0.284 e. The number of nitro benzene ring substituents is 1. The Bertz CT molecular complexity index is 1160. The number of amides is 2. The Morgan fingerprint density at radius 2 is 1.97 bits per heavy atom. The highest BCUT2D eigenvalue weighted by Crippen LogP contribution is 2.34. The molecule has 2 N–H and O–H groups in total. The van der Waals surface area contributed by atoms with Gasteiger partial charge in [0, 0.05) is 31.3 Å². The van der Waals surface area contributed by atoms with E-state index in [1.807, 2.05) is 0 Å². The van der Waals surface area contributed by atoms with Gasteiger partial charge in [0.25, 0.3) is 11.6 Å². The maximum atomic E-state index is 12.7. The van der Waals surface area contributed by atoms with Gasteiger partial charge < -0.3 is 19.9 Å². The van der Waals surface area contributed by atoms with Crippen molar-refractivity contribution >= 4 is 40.6 Å². The van der Waals surface area contributed by atoms with E-state index in [1.54, 1.807) is 23.7 Å². The van der Waals surface area contributed by atoms with Gasteiger partial charge in [-0.15, -0.1) is 10.2 Å². The number of anilines is 2. The quantitative estimate of drug-likeness (QED) is 0.420. The number of carbonyl (C=O) groups is 2. The molecule has 0 aliphatic heterocycles. The van der Waals surface area contributed by atoms with Crippen molar-refractivity contribution in [3.05, 3.63) is 58.4 Å². The number of methoxy groups -OCH3 is 1. The Morgan fingerprint density at radius 3 is 2.58 bits per heavy atom. The molecule has 0 atom stereocenters. The van der Waals surface area contributed by atoms with Crippen LogP contribution in [0, 0.1) is 10.1 Å². The van der Waals surface area contributed by atoms with Crippen LogP contribution < -0.4 is 15.4 Å². The first-order valence-electron chi connectivity index (χ1n) is 8.85. The van der Waals surface area contributed by atoms with Gasteiger partial charge in [0.1, 0.15) is 12.1 Å². The second-order valence-corrected chi connectivity index (χ2v) is 7.33. The average molecular weight is 442 g/mol. The van der Waals surface area contributed by atoms with Crippen LogP contribution in [0.4, 0.5) is 17.1 Å². The van der Waals surface area contributed by atoms with Gasteiger partial charge in [-0.3, -0.25) is 19.7 Å². The topological polar surface area (TPSA) is 141 Å². The third-order valence-electron chi connectivity index (χ3n) is 4.06. The highest BCUT2D eigenvalue weighted by molar-refractivity contribution is 7.99. The van der Waals surface area contributed by atoms with Crippen LogP contribution in [-0.4, -0.2) is 38.6 Å². The summed E-state index contributed by atoms with van der Waals surface area (Å²) in [6.45, 7) is 1.35. The Balaban J connectivity index is 1.85. The maximum absolute atomic E-state index is 12.7. The van der Waals surface area contributed by atoms with Crippen molar-refractivity contribution in [2.45, 2.75) is 17.0 Å². The molecule has 2 aromatic carbocycles. The Kier molecular flexibility index (Phi) is 6.50. The third-order valence-corrected chi connectivity index (χ3v) is 5.17. The van der Waals surface area contributed by atoms with Crippen LogP contribution in [0.2, 0.25) is 0 Å². The highest BCUT2D eigenvalue weighted by Gasteiger charge is 2.20. The van der Waals surface area contributed by atoms with Gasteiger partial charge in [-0.1, -0.05) is 0 Å². The molecule has 3 rings (SSSR count). The van der Waals surface area contributed by atoms with E-state index in [0.29, 0.717) is 27.2 Å².